The van der Waals surface area contributed by atoms with Crippen molar-refractivity contribution in [2.24, 2.45) is 0 Å². The molecule has 0 radical (unpaired) electrons. The first-order chi connectivity index (χ1) is 9.08. The fourth-order valence-electron chi connectivity index (χ4n) is 1.88. The van der Waals surface area contributed by atoms with Gasteiger partial charge >= 0.3 is 5.69 Å². The van der Waals surface area contributed by atoms with Gasteiger partial charge in [0.15, 0.2) is 0 Å². The van der Waals surface area contributed by atoms with Crippen LogP contribution in [0.25, 0.3) is 0 Å². The molecule has 0 atom stereocenters. The normalized spacial score (nSPS) is 10.9. The zero-order valence-electron chi connectivity index (χ0n) is 11.1. The highest BCUT2D eigenvalue weighted by molar-refractivity contribution is 9.10. The Hall–Kier alpha value is -1.49. The number of benzene rings is 1. The van der Waals surface area contributed by atoms with Gasteiger partial charge in [-0.15, -0.1) is 0 Å². The highest BCUT2D eigenvalue weighted by atomic mass is 79.9. The molecule has 1 aromatic carbocycles. The Morgan fingerprint density at radius 2 is 1.89 bits per heavy atom. The van der Waals surface area contributed by atoms with Gasteiger partial charge in [0.1, 0.15) is 0 Å². The number of rotatable bonds is 5. The number of nitrogens with one attached hydrogen (secondary N) is 1. The van der Waals surface area contributed by atoms with Crippen molar-refractivity contribution in [3.8, 4) is 0 Å². The molecule has 0 aliphatic rings. The third-order valence-electron chi connectivity index (χ3n) is 2.96. The summed E-state index contributed by atoms with van der Waals surface area (Å²) in [5.74, 6) is 0. The third-order valence-corrected chi connectivity index (χ3v) is 3.48. The monoisotopic (exact) mass is 323 g/mol. The molecule has 1 aromatic heterocycles. The Kier molecular flexibility index (Phi) is 4.47. The van der Waals surface area contributed by atoms with Crippen LogP contribution in [0.2, 0.25) is 0 Å². The van der Waals surface area contributed by atoms with Crippen LogP contribution in [-0.2, 0) is 6.54 Å². The van der Waals surface area contributed by atoms with E-state index in [0.29, 0.717) is 6.54 Å². The van der Waals surface area contributed by atoms with Crippen molar-refractivity contribution in [1.29, 1.82) is 0 Å². The number of imidazole rings is 1. The van der Waals surface area contributed by atoms with Crippen molar-refractivity contribution in [2.45, 2.75) is 26.4 Å². The van der Waals surface area contributed by atoms with E-state index in [-0.39, 0.29) is 11.7 Å². The van der Waals surface area contributed by atoms with E-state index in [9.17, 15) is 4.79 Å². The van der Waals surface area contributed by atoms with Gasteiger partial charge in [0.25, 0.3) is 0 Å². The van der Waals surface area contributed by atoms with Crippen LogP contribution in [-0.4, -0.2) is 15.7 Å². The maximum Gasteiger partial charge on any atom is 0.328 e. The summed E-state index contributed by atoms with van der Waals surface area (Å²) in [4.78, 5) is 12.0. The smallest absolute Gasteiger partial charge is 0.328 e. The summed E-state index contributed by atoms with van der Waals surface area (Å²) in [6.45, 7) is 5.40. The van der Waals surface area contributed by atoms with Crippen molar-refractivity contribution in [3.05, 3.63) is 51.6 Å². The molecule has 0 bridgehead atoms. The van der Waals surface area contributed by atoms with Crippen molar-refractivity contribution < 1.29 is 0 Å². The molecule has 2 rings (SSSR count). The average molecular weight is 324 g/mol. The van der Waals surface area contributed by atoms with E-state index in [4.69, 9.17) is 0 Å². The van der Waals surface area contributed by atoms with E-state index >= 15 is 0 Å². The second kappa shape index (κ2) is 6.10. The van der Waals surface area contributed by atoms with Crippen LogP contribution < -0.4 is 11.0 Å². The summed E-state index contributed by atoms with van der Waals surface area (Å²) in [6, 6.07) is 8.19. The first-order valence-corrected chi connectivity index (χ1v) is 7.14. The molecule has 0 amide bonds. The number of aromatic nitrogens is 2. The lowest BCUT2D eigenvalue weighted by atomic mass is 10.3. The zero-order valence-corrected chi connectivity index (χ0v) is 12.7. The predicted octanol–water partition coefficient (Wildman–Crippen LogP) is 3.11. The van der Waals surface area contributed by atoms with Crippen molar-refractivity contribution in [3.63, 3.8) is 0 Å². The van der Waals surface area contributed by atoms with Gasteiger partial charge in [0, 0.05) is 41.7 Å². The molecular weight excluding hydrogens is 306 g/mol. The summed E-state index contributed by atoms with van der Waals surface area (Å²) < 4.78 is 4.52. The highest BCUT2D eigenvalue weighted by Crippen LogP contribution is 2.13. The molecule has 102 valence electrons. The van der Waals surface area contributed by atoms with Gasteiger partial charge in [0.05, 0.1) is 0 Å². The van der Waals surface area contributed by atoms with Crippen molar-refractivity contribution in [1.82, 2.24) is 9.13 Å². The van der Waals surface area contributed by atoms with E-state index < -0.39 is 0 Å². The Morgan fingerprint density at radius 1 is 1.21 bits per heavy atom. The third kappa shape index (κ3) is 3.50. The molecule has 0 saturated carbocycles. The molecule has 1 N–H and O–H groups in total. The summed E-state index contributed by atoms with van der Waals surface area (Å²) in [6.07, 6.45) is 3.68. The van der Waals surface area contributed by atoms with Crippen LogP contribution >= 0.6 is 15.9 Å². The second-order valence-electron chi connectivity index (χ2n) is 4.71. The van der Waals surface area contributed by atoms with E-state index in [0.717, 1.165) is 16.7 Å². The van der Waals surface area contributed by atoms with Gasteiger partial charge in [-0.3, -0.25) is 9.13 Å². The summed E-state index contributed by atoms with van der Waals surface area (Å²) >= 11 is 3.40. The number of nitrogens with zero attached hydrogens (tertiary/aromatic N) is 2. The lowest BCUT2D eigenvalue weighted by molar-refractivity contribution is 0.555. The molecule has 2 aromatic rings. The van der Waals surface area contributed by atoms with Crippen molar-refractivity contribution in [2.75, 3.05) is 11.9 Å². The number of hydrogen-bond donors (Lipinski definition) is 1. The summed E-state index contributed by atoms with van der Waals surface area (Å²) in [5, 5.41) is 3.30. The number of halogens is 1. The molecule has 0 spiro atoms. The van der Waals surface area contributed by atoms with Crippen LogP contribution in [0.5, 0.6) is 0 Å². The minimum atomic E-state index is 0.0487. The quantitative estimate of drug-likeness (QED) is 0.918. The topological polar surface area (TPSA) is 39.0 Å². The van der Waals surface area contributed by atoms with Crippen LogP contribution in [0.1, 0.15) is 19.9 Å². The molecule has 0 saturated heterocycles. The van der Waals surface area contributed by atoms with Gasteiger partial charge in [-0.05, 0) is 38.1 Å². The fourth-order valence-corrected chi connectivity index (χ4v) is 2.14. The van der Waals surface area contributed by atoms with E-state index in [1.807, 2.05) is 50.5 Å². The minimum Gasteiger partial charge on any atom is -0.383 e. The zero-order chi connectivity index (χ0) is 13.8. The first kappa shape index (κ1) is 13.9. The fraction of sp³-hybridized carbons (Fsp3) is 0.357. The van der Waals surface area contributed by atoms with E-state index in [1.165, 1.54) is 0 Å². The first-order valence-electron chi connectivity index (χ1n) is 6.34. The van der Waals surface area contributed by atoms with E-state index in [2.05, 4.69) is 21.2 Å². The van der Waals surface area contributed by atoms with Crippen molar-refractivity contribution >= 4 is 21.6 Å². The predicted molar refractivity (Wildman–Crippen MR) is 81.7 cm³/mol. The Morgan fingerprint density at radius 3 is 2.47 bits per heavy atom. The SMILES string of the molecule is CC(C)n1ccn(CCNc2ccc(Br)cc2)c1=O. The molecule has 0 unspecified atom stereocenters. The molecule has 5 heteroatoms. The molecule has 0 fully saturated rings. The standard InChI is InChI=1S/C14H18BrN3O/c1-11(2)18-10-9-17(14(18)19)8-7-16-13-5-3-12(15)4-6-13/h3-6,9-11,16H,7-8H2,1-2H3. The van der Waals surface area contributed by atoms with Gasteiger partial charge in [-0.2, -0.15) is 0 Å². The summed E-state index contributed by atoms with van der Waals surface area (Å²) in [7, 11) is 0. The molecular formula is C14H18BrN3O. The van der Waals surface area contributed by atoms with Gasteiger partial charge in [-0.25, -0.2) is 4.79 Å². The summed E-state index contributed by atoms with van der Waals surface area (Å²) in [5.41, 5.74) is 1.10. The number of hydrogen-bond acceptors (Lipinski definition) is 2. The lowest BCUT2D eigenvalue weighted by Gasteiger charge is -2.07. The Bertz CT molecular complexity index is 583. The number of anilines is 1. The maximum absolute atomic E-state index is 12.0. The highest BCUT2D eigenvalue weighted by Gasteiger charge is 2.05. The molecule has 19 heavy (non-hydrogen) atoms. The second-order valence-corrected chi connectivity index (χ2v) is 5.62. The Balaban J connectivity index is 1.93. The minimum absolute atomic E-state index is 0.0487. The van der Waals surface area contributed by atoms with E-state index in [1.54, 1.807) is 9.13 Å². The average Bonchev–Trinajstić information content (AvgIpc) is 2.74. The molecule has 4 nitrogen and oxygen atoms in total. The lowest BCUT2D eigenvalue weighted by Crippen LogP contribution is -2.27. The Labute approximate surface area is 121 Å². The van der Waals surface area contributed by atoms with Crippen LogP contribution in [0.4, 0.5) is 5.69 Å². The van der Waals surface area contributed by atoms with Crippen LogP contribution in [0.3, 0.4) is 0 Å². The largest absolute Gasteiger partial charge is 0.383 e. The van der Waals surface area contributed by atoms with Crippen LogP contribution in [0, 0.1) is 0 Å². The van der Waals surface area contributed by atoms with Gasteiger partial charge < -0.3 is 5.32 Å². The van der Waals surface area contributed by atoms with Crippen LogP contribution in [0.15, 0.2) is 45.9 Å². The van der Waals surface area contributed by atoms with Gasteiger partial charge in [0.2, 0.25) is 0 Å². The maximum atomic E-state index is 12.0. The molecule has 0 aliphatic carbocycles. The van der Waals surface area contributed by atoms with Gasteiger partial charge in [-0.1, -0.05) is 15.9 Å². The molecule has 1 heterocycles. The molecule has 0 aliphatic heterocycles.